The van der Waals surface area contributed by atoms with E-state index in [4.69, 9.17) is 4.74 Å². The third-order valence-corrected chi connectivity index (χ3v) is 2.30. The lowest BCUT2D eigenvalue weighted by Gasteiger charge is -2.12. The van der Waals surface area contributed by atoms with Gasteiger partial charge in [-0.3, -0.25) is 4.98 Å². The highest BCUT2D eigenvalue weighted by Crippen LogP contribution is 2.36. The number of pyridine rings is 1. The predicted molar refractivity (Wildman–Crippen MR) is 61.4 cm³/mol. The van der Waals surface area contributed by atoms with Gasteiger partial charge in [0, 0.05) is 24.0 Å². The minimum Gasteiger partial charge on any atom is -0.477 e. The maximum Gasteiger partial charge on any atom is 0.418 e. The number of hydrogen-bond donors (Lipinski definition) is 0. The van der Waals surface area contributed by atoms with Crippen molar-refractivity contribution < 1.29 is 17.9 Å². The predicted octanol–water partition coefficient (Wildman–Crippen LogP) is 2.96. The molecule has 0 atom stereocenters. The van der Waals surface area contributed by atoms with Gasteiger partial charge in [0.2, 0.25) is 5.88 Å². The van der Waals surface area contributed by atoms with E-state index in [1.807, 2.05) is 0 Å². The molecule has 0 amide bonds. The molecule has 0 bridgehead atoms. The summed E-state index contributed by atoms with van der Waals surface area (Å²) in [5.74, 6) is -0.150. The van der Waals surface area contributed by atoms with Crippen LogP contribution in [-0.2, 0) is 6.18 Å². The molecular formula is C12H10F3N3O. The Bertz CT molecular complexity index is 558. The molecule has 7 heteroatoms. The van der Waals surface area contributed by atoms with Gasteiger partial charge in [-0.1, -0.05) is 0 Å². The first-order valence-electron chi connectivity index (χ1n) is 5.50. The quantitative estimate of drug-likeness (QED) is 0.859. The van der Waals surface area contributed by atoms with Crippen molar-refractivity contribution in [2.45, 2.75) is 13.1 Å². The van der Waals surface area contributed by atoms with Crippen LogP contribution in [-0.4, -0.2) is 21.8 Å². The molecule has 2 rings (SSSR count). The Balaban J connectivity index is 2.55. The molecule has 0 spiro atoms. The van der Waals surface area contributed by atoms with Gasteiger partial charge in [-0.05, 0) is 19.1 Å². The van der Waals surface area contributed by atoms with Gasteiger partial charge >= 0.3 is 6.18 Å². The van der Waals surface area contributed by atoms with E-state index in [1.54, 1.807) is 6.92 Å². The minimum absolute atomic E-state index is 0.150. The monoisotopic (exact) mass is 269 g/mol. The van der Waals surface area contributed by atoms with Crippen molar-refractivity contribution >= 4 is 0 Å². The van der Waals surface area contributed by atoms with Crippen LogP contribution in [0.5, 0.6) is 5.88 Å². The molecule has 0 aliphatic rings. The van der Waals surface area contributed by atoms with Crippen LogP contribution in [0.3, 0.4) is 0 Å². The van der Waals surface area contributed by atoms with Crippen LogP contribution >= 0.6 is 0 Å². The average molecular weight is 269 g/mol. The van der Waals surface area contributed by atoms with Crippen molar-refractivity contribution in [3.8, 4) is 17.1 Å². The molecular weight excluding hydrogens is 259 g/mol. The highest BCUT2D eigenvalue weighted by atomic mass is 19.4. The Morgan fingerprint density at radius 1 is 1.26 bits per heavy atom. The standard InChI is InChI=1S/C12H10F3N3O/c1-2-19-10-6-9(12(13,14)15)11(18-17-10)8-4-3-5-16-7-8/h3-7H,2H2,1H3. The zero-order valence-electron chi connectivity index (χ0n) is 9.98. The van der Waals surface area contributed by atoms with Gasteiger partial charge in [0.05, 0.1) is 12.2 Å². The Morgan fingerprint density at radius 2 is 2.05 bits per heavy atom. The van der Waals surface area contributed by atoms with E-state index in [9.17, 15) is 13.2 Å². The third-order valence-electron chi connectivity index (χ3n) is 2.30. The molecule has 2 aromatic rings. The zero-order valence-corrected chi connectivity index (χ0v) is 9.98. The summed E-state index contributed by atoms with van der Waals surface area (Å²) in [6.45, 7) is 1.88. The van der Waals surface area contributed by atoms with E-state index in [0.717, 1.165) is 6.07 Å². The molecule has 0 fully saturated rings. The lowest BCUT2D eigenvalue weighted by molar-refractivity contribution is -0.137. The normalized spacial score (nSPS) is 11.4. The number of aromatic nitrogens is 3. The Hall–Kier alpha value is -2.18. The second-order valence-corrected chi connectivity index (χ2v) is 3.62. The van der Waals surface area contributed by atoms with Crippen LogP contribution in [0.15, 0.2) is 30.6 Å². The van der Waals surface area contributed by atoms with Gasteiger partial charge in [0.1, 0.15) is 5.69 Å². The van der Waals surface area contributed by atoms with E-state index in [-0.39, 0.29) is 23.7 Å². The molecule has 0 aromatic carbocycles. The van der Waals surface area contributed by atoms with Gasteiger partial charge in [-0.25, -0.2) is 0 Å². The van der Waals surface area contributed by atoms with E-state index >= 15 is 0 Å². The second kappa shape index (κ2) is 5.21. The van der Waals surface area contributed by atoms with Crippen LogP contribution in [0.25, 0.3) is 11.3 Å². The van der Waals surface area contributed by atoms with Crippen LogP contribution in [0.1, 0.15) is 12.5 Å². The fourth-order valence-electron chi connectivity index (χ4n) is 1.52. The summed E-state index contributed by atoms with van der Waals surface area (Å²) in [6.07, 6.45) is -1.76. The molecule has 0 saturated heterocycles. The second-order valence-electron chi connectivity index (χ2n) is 3.62. The Kier molecular flexibility index (Phi) is 3.64. The smallest absolute Gasteiger partial charge is 0.418 e. The average Bonchev–Trinajstić information content (AvgIpc) is 2.39. The van der Waals surface area contributed by atoms with Gasteiger partial charge in [-0.15, -0.1) is 10.2 Å². The molecule has 0 N–H and O–H groups in total. The van der Waals surface area contributed by atoms with Crippen LogP contribution in [0.2, 0.25) is 0 Å². The minimum atomic E-state index is -4.53. The molecule has 0 aliphatic carbocycles. The molecule has 2 aromatic heterocycles. The maximum atomic E-state index is 13.0. The summed E-state index contributed by atoms with van der Waals surface area (Å²) < 4.78 is 44.0. The first kappa shape index (κ1) is 13.3. The summed E-state index contributed by atoms with van der Waals surface area (Å²) in [5.41, 5.74) is -0.895. The highest BCUT2D eigenvalue weighted by Gasteiger charge is 2.35. The fraction of sp³-hybridized carbons (Fsp3) is 0.250. The van der Waals surface area contributed by atoms with E-state index in [0.29, 0.717) is 0 Å². The van der Waals surface area contributed by atoms with Crippen molar-refractivity contribution in [1.29, 1.82) is 0 Å². The Morgan fingerprint density at radius 3 is 2.63 bits per heavy atom. The van der Waals surface area contributed by atoms with Crippen molar-refractivity contribution in [1.82, 2.24) is 15.2 Å². The number of alkyl halides is 3. The number of rotatable bonds is 3. The SMILES string of the molecule is CCOc1cc(C(F)(F)F)c(-c2cccnc2)nn1. The molecule has 0 unspecified atom stereocenters. The maximum absolute atomic E-state index is 13.0. The summed E-state index contributed by atoms with van der Waals surface area (Å²) in [7, 11) is 0. The van der Waals surface area contributed by atoms with Gasteiger partial charge in [0.25, 0.3) is 0 Å². The topological polar surface area (TPSA) is 47.9 Å². The summed E-state index contributed by atoms with van der Waals surface area (Å²) in [6, 6.07) is 3.87. The Labute approximate surface area is 107 Å². The summed E-state index contributed by atoms with van der Waals surface area (Å²) >= 11 is 0. The van der Waals surface area contributed by atoms with Gasteiger partial charge in [-0.2, -0.15) is 13.2 Å². The lowest BCUT2D eigenvalue weighted by Crippen LogP contribution is -2.11. The van der Waals surface area contributed by atoms with Crippen molar-refractivity contribution in [3.05, 3.63) is 36.2 Å². The van der Waals surface area contributed by atoms with Crippen molar-refractivity contribution in [3.63, 3.8) is 0 Å². The third kappa shape index (κ3) is 2.98. The van der Waals surface area contributed by atoms with E-state index < -0.39 is 11.7 Å². The van der Waals surface area contributed by atoms with Crippen molar-refractivity contribution in [2.24, 2.45) is 0 Å². The summed E-state index contributed by atoms with van der Waals surface area (Å²) in [4.78, 5) is 3.78. The first-order chi connectivity index (χ1) is 9.02. The van der Waals surface area contributed by atoms with Gasteiger partial charge in [0.15, 0.2) is 0 Å². The van der Waals surface area contributed by atoms with E-state index in [2.05, 4.69) is 15.2 Å². The fourth-order valence-corrected chi connectivity index (χ4v) is 1.52. The number of halogens is 3. The number of nitrogens with zero attached hydrogens (tertiary/aromatic N) is 3. The van der Waals surface area contributed by atoms with Gasteiger partial charge < -0.3 is 4.74 Å². The molecule has 0 radical (unpaired) electrons. The number of hydrogen-bond acceptors (Lipinski definition) is 4. The molecule has 0 saturated carbocycles. The molecule has 2 heterocycles. The molecule has 100 valence electrons. The molecule has 19 heavy (non-hydrogen) atoms. The van der Waals surface area contributed by atoms with Crippen LogP contribution in [0.4, 0.5) is 13.2 Å². The van der Waals surface area contributed by atoms with E-state index in [1.165, 1.54) is 24.5 Å². The van der Waals surface area contributed by atoms with Crippen LogP contribution < -0.4 is 4.74 Å². The number of ether oxygens (including phenoxy) is 1. The van der Waals surface area contributed by atoms with Crippen molar-refractivity contribution in [2.75, 3.05) is 6.61 Å². The largest absolute Gasteiger partial charge is 0.477 e. The molecule has 4 nitrogen and oxygen atoms in total. The van der Waals surface area contributed by atoms with Crippen LogP contribution in [0, 0.1) is 0 Å². The first-order valence-corrected chi connectivity index (χ1v) is 5.50. The molecule has 0 aliphatic heterocycles. The zero-order chi connectivity index (χ0) is 13.9. The lowest BCUT2D eigenvalue weighted by atomic mass is 10.1. The summed E-state index contributed by atoms with van der Waals surface area (Å²) in [5, 5.41) is 7.22. The highest BCUT2D eigenvalue weighted by molar-refractivity contribution is 5.62.